The molecule has 2 nitrogen and oxygen atoms in total. The van der Waals surface area contributed by atoms with Crippen molar-refractivity contribution in [2.75, 3.05) is 0 Å². The fraction of sp³-hybridized carbons (Fsp3) is 0.417. The molecule has 1 heterocycles. The molecule has 1 aromatic heterocycles. The minimum atomic E-state index is 0.971. The summed E-state index contributed by atoms with van der Waals surface area (Å²) in [5, 5.41) is 5.19. The van der Waals surface area contributed by atoms with Crippen LogP contribution in [-0.4, -0.2) is 5.16 Å². The second-order valence-electron chi connectivity index (χ2n) is 3.58. The van der Waals surface area contributed by atoms with E-state index >= 15 is 0 Å². The Morgan fingerprint density at radius 3 is 2.93 bits per heavy atom. The normalized spacial score (nSPS) is 10.9. The van der Waals surface area contributed by atoms with E-state index in [1.807, 2.05) is 18.2 Å². The second-order valence-corrected chi connectivity index (χ2v) is 3.58. The number of aryl methyl sites for hydroxylation is 1. The van der Waals surface area contributed by atoms with E-state index in [-0.39, 0.29) is 0 Å². The second kappa shape index (κ2) is 4.27. The molecule has 0 saturated carbocycles. The minimum Gasteiger partial charge on any atom is -0.360 e. The average molecular weight is 189 g/mol. The molecule has 74 valence electrons. The lowest BCUT2D eigenvalue weighted by Gasteiger charge is -1.94. The summed E-state index contributed by atoms with van der Waals surface area (Å²) in [4.78, 5) is 0. The first-order valence-electron chi connectivity index (χ1n) is 5.25. The Hall–Kier alpha value is -1.31. The summed E-state index contributed by atoms with van der Waals surface area (Å²) < 4.78 is 5.31. The maximum absolute atomic E-state index is 5.31. The Morgan fingerprint density at radius 1 is 1.21 bits per heavy atom. The van der Waals surface area contributed by atoms with Crippen molar-refractivity contribution in [1.29, 1.82) is 0 Å². The molecule has 0 aliphatic heterocycles. The van der Waals surface area contributed by atoms with Crippen LogP contribution in [0.4, 0.5) is 0 Å². The van der Waals surface area contributed by atoms with Gasteiger partial charge in [-0.2, -0.15) is 0 Å². The van der Waals surface area contributed by atoms with Gasteiger partial charge >= 0.3 is 0 Å². The van der Waals surface area contributed by atoms with Crippen molar-refractivity contribution in [3.8, 4) is 0 Å². The zero-order chi connectivity index (χ0) is 9.80. The Balaban J connectivity index is 2.17. The van der Waals surface area contributed by atoms with Crippen molar-refractivity contribution in [1.82, 2.24) is 5.16 Å². The van der Waals surface area contributed by atoms with E-state index in [4.69, 9.17) is 4.52 Å². The molecule has 0 spiro atoms. The summed E-state index contributed by atoms with van der Waals surface area (Å²) in [6.07, 6.45) is 4.70. The molecule has 0 aliphatic rings. The highest BCUT2D eigenvalue weighted by atomic mass is 16.5. The zero-order valence-electron chi connectivity index (χ0n) is 8.49. The monoisotopic (exact) mass is 189 g/mol. The first kappa shape index (κ1) is 9.25. The maximum Gasteiger partial charge on any atom is 0.144 e. The largest absolute Gasteiger partial charge is 0.360 e. The molecule has 0 bridgehead atoms. The van der Waals surface area contributed by atoms with Gasteiger partial charge in [-0.15, -0.1) is 0 Å². The number of rotatable bonds is 4. The Labute approximate surface area is 83.9 Å². The smallest absolute Gasteiger partial charge is 0.144 e. The fourth-order valence-corrected chi connectivity index (χ4v) is 1.66. The van der Waals surface area contributed by atoms with E-state index in [1.165, 1.54) is 24.6 Å². The van der Waals surface area contributed by atoms with Crippen molar-refractivity contribution in [2.24, 2.45) is 0 Å². The van der Waals surface area contributed by atoms with E-state index in [0.29, 0.717) is 0 Å². The predicted molar refractivity (Wildman–Crippen MR) is 57.2 cm³/mol. The van der Waals surface area contributed by atoms with Crippen LogP contribution < -0.4 is 0 Å². The molecule has 14 heavy (non-hydrogen) atoms. The molecule has 0 N–H and O–H groups in total. The molecule has 0 fully saturated rings. The third kappa shape index (κ3) is 1.79. The van der Waals surface area contributed by atoms with E-state index in [0.717, 1.165) is 17.7 Å². The van der Waals surface area contributed by atoms with Gasteiger partial charge in [-0.1, -0.05) is 37.1 Å². The molecule has 2 rings (SSSR count). The number of unbranched alkanes of at least 4 members (excludes halogenated alkanes) is 2. The number of aromatic nitrogens is 1. The van der Waals surface area contributed by atoms with Gasteiger partial charge in [0.25, 0.3) is 0 Å². The highest BCUT2D eigenvalue weighted by Gasteiger charge is 2.05. The summed E-state index contributed by atoms with van der Waals surface area (Å²) in [5.74, 6) is 1.04. The number of fused-ring (bicyclic) bond motifs is 1. The summed E-state index contributed by atoms with van der Waals surface area (Å²) in [7, 11) is 0. The minimum absolute atomic E-state index is 0.971. The molecule has 1 aromatic carbocycles. The SMILES string of the molecule is CCCCCc1onc2ccccc12. The molecule has 0 atom stereocenters. The highest BCUT2D eigenvalue weighted by Crippen LogP contribution is 2.19. The lowest BCUT2D eigenvalue weighted by atomic mass is 10.1. The van der Waals surface area contributed by atoms with Gasteiger partial charge in [-0.25, -0.2) is 0 Å². The molecule has 0 amide bonds. The van der Waals surface area contributed by atoms with Crippen molar-refractivity contribution in [3.63, 3.8) is 0 Å². The van der Waals surface area contributed by atoms with Gasteiger partial charge in [0.2, 0.25) is 0 Å². The zero-order valence-corrected chi connectivity index (χ0v) is 8.49. The fourth-order valence-electron chi connectivity index (χ4n) is 1.66. The van der Waals surface area contributed by atoms with E-state index in [1.54, 1.807) is 0 Å². The van der Waals surface area contributed by atoms with Gasteiger partial charge in [-0.3, -0.25) is 0 Å². The summed E-state index contributed by atoms with van der Waals surface area (Å²) in [5.41, 5.74) is 0.971. The summed E-state index contributed by atoms with van der Waals surface area (Å²) in [6, 6.07) is 8.08. The molecule has 2 heteroatoms. The van der Waals surface area contributed by atoms with Crippen LogP contribution in [0.15, 0.2) is 28.8 Å². The van der Waals surface area contributed by atoms with Gasteiger partial charge in [0.1, 0.15) is 11.3 Å². The number of hydrogen-bond acceptors (Lipinski definition) is 2. The van der Waals surface area contributed by atoms with Crippen molar-refractivity contribution < 1.29 is 4.52 Å². The van der Waals surface area contributed by atoms with Crippen LogP contribution in [0.2, 0.25) is 0 Å². The Bertz CT molecular complexity index is 405. The van der Waals surface area contributed by atoms with Crippen LogP contribution in [0.1, 0.15) is 31.9 Å². The van der Waals surface area contributed by atoms with E-state index < -0.39 is 0 Å². The summed E-state index contributed by atoms with van der Waals surface area (Å²) in [6.45, 7) is 2.21. The lowest BCUT2D eigenvalue weighted by molar-refractivity contribution is 0.387. The van der Waals surface area contributed by atoms with Crippen LogP contribution in [0.5, 0.6) is 0 Å². The molecular formula is C12H15NO. The Kier molecular flexibility index (Phi) is 2.82. The number of benzene rings is 1. The number of hydrogen-bond donors (Lipinski definition) is 0. The Morgan fingerprint density at radius 2 is 2.07 bits per heavy atom. The third-order valence-electron chi connectivity index (χ3n) is 2.47. The first-order valence-corrected chi connectivity index (χ1v) is 5.25. The van der Waals surface area contributed by atoms with Gasteiger partial charge in [0.05, 0.1) is 0 Å². The van der Waals surface area contributed by atoms with Crippen LogP contribution in [-0.2, 0) is 6.42 Å². The third-order valence-corrected chi connectivity index (χ3v) is 2.47. The van der Waals surface area contributed by atoms with Crippen LogP contribution in [0.3, 0.4) is 0 Å². The van der Waals surface area contributed by atoms with Crippen LogP contribution in [0, 0.1) is 0 Å². The van der Waals surface area contributed by atoms with Crippen molar-refractivity contribution >= 4 is 10.9 Å². The van der Waals surface area contributed by atoms with Gasteiger partial charge in [0, 0.05) is 11.8 Å². The van der Waals surface area contributed by atoms with Crippen molar-refractivity contribution in [2.45, 2.75) is 32.6 Å². The summed E-state index contributed by atoms with van der Waals surface area (Å²) >= 11 is 0. The van der Waals surface area contributed by atoms with Crippen LogP contribution >= 0.6 is 0 Å². The topological polar surface area (TPSA) is 26.0 Å². The van der Waals surface area contributed by atoms with Gasteiger partial charge < -0.3 is 4.52 Å². The van der Waals surface area contributed by atoms with Gasteiger partial charge in [-0.05, 0) is 18.6 Å². The molecule has 0 saturated heterocycles. The van der Waals surface area contributed by atoms with E-state index in [9.17, 15) is 0 Å². The number of nitrogens with zero attached hydrogens (tertiary/aromatic N) is 1. The average Bonchev–Trinajstić information content (AvgIpc) is 2.63. The van der Waals surface area contributed by atoms with E-state index in [2.05, 4.69) is 18.1 Å². The maximum atomic E-state index is 5.31. The van der Waals surface area contributed by atoms with Crippen molar-refractivity contribution in [3.05, 3.63) is 30.0 Å². The molecule has 0 radical (unpaired) electrons. The molecular weight excluding hydrogens is 174 g/mol. The molecule has 0 aliphatic carbocycles. The molecule has 2 aromatic rings. The van der Waals surface area contributed by atoms with Crippen LogP contribution in [0.25, 0.3) is 10.9 Å². The molecule has 0 unspecified atom stereocenters. The first-order chi connectivity index (χ1) is 6.92. The quantitative estimate of drug-likeness (QED) is 0.687. The lowest BCUT2D eigenvalue weighted by Crippen LogP contribution is -1.82. The van der Waals surface area contributed by atoms with Gasteiger partial charge in [0.15, 0.2) is 0 Å². The standard InChI is InChI=1S/C12H15NO/c1-2-3-4-9-12-10-7-5-6-8-11(10)13-14-12/h5-8H,2-4,9H2,1H3. The predicted octanol–water partition coefficient (Wildman–Crippen LogP) is 3.56. The highest BCUT2D eigenvalue weighted by molar-refractivity contribution is 5.80.